The Bertz CT molecular complexity index is 310. The number of imidazole rings is 1. The van der Waals surface area contributed by atoms with Gasteiger partial charge in [-0.25, -0.2) is 4.98 Å². The average molecular weight is 241 g/mol. The first kappa shape index (κ1) is 14.2. The van der Waals surface area contributed by atoms with Crippen molar-refractivity contribution in [3.63, 3.8) is 0 Å². The summed E-state index contributed by atoms with van der Waals surface area (Å²) in [6, 6.07) is -0.0418. The third kappa shape index (κ3) is 3.52. The van der Waals surface area contributed by atoms with E-state index >= 15 is 0 Å². The Labute approximate surface area is 103 Å². The zero-order chi connectivity index (χ0) is 12.7. The van der Waals surface area contributed by atoms with Crippen molar-refractivity contribution >= 4 is 0 Å². The third-order valence-corrected chi connectivity index (χ3v) is 2.72. The van der Waals surface area contributed by atoms with Gasteiger partial charge in [0, 0.05) is 33.2 Å². The molecule has 0 aliphatic heterocycles. The Kier molecular flexibility index (Phi) is 6.18. The van der Waals surface area contributed by atoms with Crippen LogP contribution in [0.4, 0.5) is 0 Å². The van der Waals surface area contributed by atoms with Crippen LogP contribution in [0.25, 0.3) is 0 Å². The van der Waals surface area contributed by atoms with Gasteiger partial charge < -0.3 is 19.4 Å². The molecule has 0 bridgehead atoms. The van der Waals surface area contributed by atoms with Crippen LogP contribution in [-0.2, 0) is 16.0 Å². The Morgan fingerprint density at radius 2 is 2.06 bits per heavy atom. The number of aromatic nitrogens is 2. The van der Waals surface area contributed by atoms with Crippen LogP contribution in [0.1, 0.15) is 32.1 Å². The Hall–Kier alpha value is -0.910. The van der Waals surface area contributed by atoms with E-state index in [4.69, 9.17) is 9.47 Å². The number of nitrogens with zero attached hydrogens (tertiary/aromatic N) is 2. The molecule has 1 heterocycles. The summed E-state index contributed by atoms with van der Waals surface area (Å²) in [4.78, 5) is 4.40. The van der Waals surface area contributed by atoms with Gasteiger partial charge in [-0.05, 0) is 19.9 Å². The monoisotopic (exact) mass is 241 g/mol. The molecule has 1 rings (SSSR count). The molecular formula is C12H23N3O2. The van der Waals surface area contributed by atoms with Crippen LogP contribution >= 0.6 is 0 Å². The minimum absolute atomic E-state index is 0.0418. The molecule has 0 aliphatic rings. The lowest BCUT2D eigenvalue weighted by molar-refractivity contribution is -0.126. The molecule has 0 radical (unpaired) electrons. The highest BCUT2D eigenvalue weighted by Crippen LogP contribution is 2.18. The molecule has 0 spiro atoms. The maximum atomic E-state index is 5.34. The quantitative estimate of drug-likeness (QED) is 0.702. The second-order valence-electron chi connectivity index (χ2n) is 3.84. The second kappa shape index (κ2) is 7.42. The molecule has 17 heavy (non-hydrogen) atoms. The second-order valence-corrected chi connectivity index (χ2v) is 3.84. The van der Waals surface area contributed by atoms with Gasteiger partial charge in [0.15, 0.2) is 6.29 Å². The molecule has 1 N–H and O–H groups in total. The van der Waals surface area contributed by atoms with Gasteiger partial charge in [0.25, 0.3) is 0 Å². The van der Waals surface area contributed by atoms with Gasteiger partial charge >= 0.3 is 0 Å². The summed E-state index contributed by atoms with van der Waals surface area (Å²) in [7, 11) is 3.29. The molecule has 0 fully saturated rings. The summed E-state index contributed by atoms with van der Waals surface area (Å²) in [6.45, 7) is 6.02. The van der Waals surface area contributed by atoms with E-state index in [1.165, 1.54) is 0 Å². The van der Waals surface area contributed by atoms with Crippen molar-refractivity contribution in [3.8, 4) is 0 Å². The third-order valence-electron chi connectivity index (χ3n) is 2.72. The van der Waals surface area contributed by atoms with Crippen molar-refractivity contribution < 1.29 is 9.47 Å². The molecule has 5 nitrogen and oxygen atoms in total. The van der Waals surface area contributed by atoms with E-state index in [-0.39, 0.29) is 12.3 Å². The van der Waals surface area contributed by atoms with E-state index in [9.17, 15) is 0 Å². The van der Waals surface area contributed by atoms with Crippen molar-refractivity contribution in [2.24, 2.45) is 0 Å². The normalized spacial score (nSPS) is 13.2. The number of nitrogens with one attached hydrogen (secondary N) is 1. The molecule has 1 atom stereocenters. The summed E-state index contributed by atoms with van der Waals surface area (Å²) in [5.41, 5.74) is 0. The number of methoxy groups -OCH3 is 2. The summed E-state index contributed by atoms with van der Waals surface area (Å²) in [5, 5.41) is 3.42. The lowest BCUT2D eigenvalue weighted by Gasteiger charge is -2.25. The summed E-state index contributed by atoms with van der Waals surface area (Å²) < 4.78 is 12.8. The molecule has 1 aromatic rings. The van der Waals surface area contributed by atoms with Crippen LogP contribution in [-0.4, -0.2) is 36.6 Å². The Morgan fingerprint density at radius 3 is 2.59 bits per heavy atom. The van der Waals surface area contributed by atoms with Gasteiger partial charge in [-0.2, -0.15) is 0 Å². The van der Waals surface area contributed by atoms with Crippen LogP contribution in [0.15, 0.2) is 12.4 Å². The molecule has 1 aromatic heterocycles. The minimum Gasteiger partial charge on any atom is -0.354 e. The van der Waals surface area contributed by atoms with Crippen LogP contribution in [0, 0.1) is 0 Å². The molecule has 1 unspecified atom stereocenters. The van der Waals surface area contributed by atoms with Crippen LogP contribution in [0.2, 0.25) is 0 Å². The summed E-state index contributed by atoms with van der Waals surface area (Å²) in [5.74, 6) is 0.953. The largest absolute Gasteiger partial charge is 0.354 e. The zero-order valence-electron chi connectivity index (χ0n) is 11.1. The predicted molar refractivity (Wildman–Crippen MR) is 66.7 cm³/mol. The first-order chi connectivity index (χ1) is 8.28. The average Bonchev–Trinajstić information content (AvgIpc) is 2.82. The summed E-state index contributed by atoms with van der Waals surface area (Å²) in [6.07, 6.45) is 4.51. The SMILES string of the molecule is CCCNC(c1nccn1CC)C(OC)OC. The first-order valence-corrected chi connectivity index (χ1v) is 6.08. The molecular weight excluding hydrogens is 218 g/mol. The van der Waals surface area contributed by atoms with Crippen molar-refractivity contribution in [1.29, 1.82) is 0 Å². The van der Waals surface area contributed by atoms with Crippen LogP contribution < -0.4 is 5.32 Å². The number of ether oxygens (including phenoxy) is 2. The fourth-order valence-electron chi connectivity index (χ4n) is 1.84. The molecule has 0 aliphatic carbocycles. The fourth-order valence-corrected chi connectivity index (χ4v) is 1.84. The molecule has 0 saturated heterocycles. The lowest BCUT2D eigenvalue weighted by atomic mass is 10.2. The van der Waals surface area contributed by atoms with Crippen LogP contribution in [0.5, 0.6) is 0 Å². The van der Waals surface area contributed by atoms with Crippen molar-refractivity contribution in [2.45, 2.75) is 39.1 Å². The standard InChI is InChI=1S/C12H23N3O2/c1-5-7-13-10(12(16-3)17-4)11-14-8-9-15(11)6-2/h8-10,12-13H,5-7H2,1-4H3. The Balaban J connectivity index is 2.88. The van der Waals surface area contributed by atoms with Gasteiger partial charge in [0.05, 0.1) is 0 Å². The fraction of sp³-hybridized carbons (Fsp3) is 0.750. The van der Waals surface area contributed by atoms with Crippen molar-refractivity contribution in [2.75, 3.05) is 20.8 Å². The highest BCUT2D eigenvalue weighted by Gasteiger charge is 2.25. The smallest absolute Gasteiger partial charge is 0.179 e. The van der Waals surface area contributed by atoms with E-state index in [2.05, 4.69) is 28.7 Å². The number of rotatable bonds is 8. The predicted octanol–water partition coefficient (Wildman–Crippen LogP) is 1.56. The molecule has 98 valence electrons. The maximum Gasteiger partial charge on any atom is 0.179 e. The Morgan fingerprint density at radius 1 is 1.35 bits per heavy atom. The molecule has 0 saturated carbocycles. The topological polar surface area (TPSA) is 48.3 Å². The molecule has 5 heteroatoms. The summed E-state index contributed by atoms with van der Waals surface area (Å²) >= 11 is 0. The van der Waals surface area contributed by atoms with E-state index in [1.54, 1.807) is 14.2 Å². The molecule has 0 amide bonds. The van der Waals surface area contributed by atoms with E-state index < -0.39 is 0 Å². The number of hydrogen-bond acceptors (Lipinski definition) is 4. The highest BCUT2D eigenvalue weighted by molar-refractivity contribution is 5.01. The maximum absolute atomic E-state index is 5.34. The van der Waals surface area contributed by atoms with Gasteiger partial charge in [0.2, 0.25) is 0 Å². The van der Waals surface area contributed by atoms with E-state index in [0.29, 0.717) is 0 Å². The zero-order valence-corrected chi connectivity index (χ0v) is 11.1. The van der Waals surface area contributed by atoms with E-state index in [0.717, 1.165) is 25.3 Å². The molecule has 0 aromatic carbocycles. The number of aryl methyl sites for hydroxylation is 1. The minimum atomic E-state index is -0.325. The van der Waals surface area contributed by atoms with Gasteiger partial charge in [-0.1, -0.05) is 6.92 Å². The van der Waals surface area contributed by atoms with Gasteiger partial charge in [-0.15, -0.1) is 0 Å². The number of hydrogen-bond donors (Lipinski definition) is 1. The van der Waals surface area contributed by atoms with Crippen LogP contribution in [0.3, 0.4) is 0 Å². The van der Waals surface area contributed by atoms with Gasteiger partial charge in [-0.3, -0.25) is 0 Å². The first-order valence-electron chi connectivity index (χ1n) is 6.08. The van der Waals surface area contributed by atoms with E-state index in [1.807, 2.05) is 12.4 Å². The van der Waals surface area contributed by atoms with Gasteiger partial charge in [0.1, 0.15) is 11.9 Å². The lowest BCUT2D eigenvalue weighted by Crippen LogP contribution is -2.36. The highest BCUT2D eigenvalue weighted by atomic mass is 16.7. The van der Waals surface area contributed by atoms with Crippen molar-refractivity contribution in [3.05, 3.63) is 18.2 Å². The van der Waals surface area contributed by atoms with Crippen molar-refractivity contribution in [1.82, 2.24) is 14.9 Å².